The van der Waals surface area contributed by atoms with Crippen LogP contribution in [0.25, 0.3) is 11.3 Å². The van der Waals surface area contributed by atoms with Gasteiger partial charge in [0.15, 0.2) is 0 Å². The van der Waals surface area contributed by atoms with E-state index < -0.39 is 0 Å². The average Bonchev–Trinajstić information content (AvgIpc) is 2.29. The summed E-state index contributed by atoms with van der Waals surface area (Å²) in [6.07, 6.45) is 4.71. The van der Waals surface area contributed by atoms with Crippen LogP contribution in [-0.2, 0) is 0 Å². The maximum absolute atomic E-state index is 13.1. The molecule has 0 fully saturated rings. The van der Waals surface area contributed by atoms with Crippen molar-refractivity contribution in [2.24, 2.45) is 0 Å². The number of hydrogen-bond donors (Lipinski definition) is 0. The van der Waals surface area contributed by atoms with Gasteiger partial charge in [-0.05, 0) is 13.0 Å². The van der Waals surface area contributed by atoms with E-state index in [-0.39, 0.29) is 5.82 Å². The summed E-state index contributed by atoms with van der Waals surface area (Å²) in [6, 6.07) is 2.69. The number of aromatic nitrogens is 2. The number of ether oxygens (including phenoxy) is 1. The zero-order valence-corrected chi connectivity index (χ0v) is 9.07. The van der Waals surface area contributed by atoms with Gasteiger partial charge >= 0.3 is 0 Å². The van der Waals surface area contributed by atoms with Gasteiger partial charge < -0.3 is 4.74 Å². The molecule has 4 heteroatoms. The van der Waals surface area contributed by atoms with E-state index in [1.165, 1.54) is 18.3 Å². The third kappa shape index (κ3) is 1.86. The van der Waals surface area contributed by atoms with Crippen LogP contribution in [0.1, 0.15) is 5.56 Å². The number of methoxy groups -OCH3 is 1. The highest BCUT2D eigenvalue weighted by Crippen LogP contribution is 2.27. The molecule has 2 heterocycles. The highest BCUT2D eigenvalue weighted by Gasteiger charge is 2.08. The van der Waals surface area contributed by atoms with Crippen LogP contribution < -0.4 is 4.74 Å². The van der Waals surface area contributed by atoms with Crippen molar-refractivity contribution in [2.45, 2.75) is 6.92 Å². The molecule has 82 valence electrons. The van der Waals surface area contributed by atoms with Crippen molar-refractivity contribution in [3.8, 4) is 17.0 Å². The van der Waals surface area contributed by atoms with Crippen LogP contribution in [0.3, 0.4) is 0 Å². The summed E-state index contributed by atoms with van der Waals surface area (Å²) in [5, 5.41) is 0. The quantitative estimate of drug-likeness (QED) is 0.777. The van der Waals surface area contributed by atoms with Gasteiger partial charge in [0.05, 0.1) is 19.0 Å². The molecule has 0 aliphatic carbocycles. The minimum absolute atomic E-state index is 0.313. The predicted octanol–water partition coefficient (Wildman–Crippen LogP) is 2.60. The smallest absolute Gasteiger partial charge is 0.140 e. The normalized spacial score (nSPS) is 10.2. The molecular formula is C12H11FN2O. The summed E-state index contributed by atoms with van der Waals surface area (Å²) < 4.78 is 18.2. The lowest BCUT2D eigenvalue weighted by atomic mass is 10.1. The molecule has 2 aromatic rings. The van der Waals surface area contributed by atoms with E-state index in [2.05, 4.69) is 9.97 Å². The van der Waals surface area contributed by atoms with Crippen LogP contribution in [0.5, 0.6) is 5.75 Å². The molecule has 0 amide bonds. The molecule has 0 bridgehead atoms. The molecule has 2 rings (SSSR count). The van der Waals surface area contributed by atoms with Crippen molar-refractivity contribution < 1.29 is 9.13 Å². The van der Waals surface area contributed by atoms with E-state index in [1.807, 2.05) is 6.92 Å². The molecule has 0 spiro atoms. The predicted molar refractivity (Wildman–Crippen MR) is 58.7 cm³/mol. The van der Waals surface area contributed by atoms with E-state index in [9.17, 15) is 4.39 Å². The van der Waals surface area contributed by atoms with Crippen molar-refractivity contribution in [1.82, 2.24) is 9.97 Å². The van der Waals surface area contributed by atoms with Crippen molar-refractivity contribution in [1.29, 1.82) is 0 Å². The summed E-state index contributed by atoms with van der Waals surface area (Å²) in [5.74, 6) is 0.357. The van der Waals surface area contributed by atoms with Gasteiger partial charge in [0.1, 0.15) is 11.6 Å². The van der Waals surface area contributed by atoms with E-state index in [0.29, 0.717) is 11.4 Å². The monoisotopic (exact) mass is 218 g/mol. The molecule has 0 aliphatic rings. The van der Waals surface area contributed by atoms with E-state index in [0.717, 1.165) is 11.1 Å². The van der Waals surface area contributed by atoms with Gasteiger partial charge in [-0.2, -0.15) is 0 Å². The fourth-order valence-corrected chi connectivity index (χ4v) is 1.52. The van der Waals surface area contributed by atoms with Crippen molar-refractivity contribution in [2.75, 3.05) is 7.11 Å². The third-order valence-corrected chi connectivity index (χ3v) is 2.39. The van der Waals surface area contributed by atoms with Crippen LogP contribution in [0.15, 0.2) is 30.7 Å². The first-order valence-corrected chi connectivity index (χ1v) is 4.83. The van der Waals surface area contributed by atoms with E-state index in [4.69, 9.17) is 4.74 Å². The molecule has 0 aromatic carbocycles. The maximum atomic E-state index is 13.1. The molecule has 0 N–H and O–H groups in total. The van der Waals surface area contributed by atoms with Crippen LogP contribution in [0, 0.1) is 12.7 Å². The topological polar surface area (TPSA) is 35.0 Å². The van der Waals surface area contributed by atoms with Gasteiger partial charge in [0.2, 0.25) is 0 Å². The van der Waals surface area contributed by atoms with Crippen LogP contribution >= 0.6 is 0 Å². The van der Waals surface area contributed by atoms with Crippen LogP contribution in [-0.4, -0.2) is 17.1 Å². The highest BCUT2D eigenvalue weighted by molar-refractivity contribution is 5.64. The molecule has 0 atom stereocenters. The molecule has 2 aromatic heterocycles. The zero-order chi connectivity index (χ0) is 11.5. The molecule has 0 saturated heterocycles. The highest BCUT2D eigenvalue weighted by atomic mass is 19.1. The van der Waals surface area contributed by atoms with Crippen LogP contribution in [0.4, 0.5) is 4.39 Å². The van der Waals surface area contributed by atoms with Crippen molar-refractivity contribution in [3.05, 3.63) is 42.1 Å². The first-order chi connectivity index (χ1) is 7.72. The van der Waals surface area contributed by atoms with Gasteiger partial charge in [0, 0.05) is 29.6 Å². The molecule has 16 heavy (non-hydrogen) atoms. The number of pyridine rings is 2. The Hall–Kier alpha value is -1.97. The van der Waals surface area contributed by atoms with Crippen LogP contribution in [0.2, 0.25) is 0 Å². The molecule has 3 nitrogen and oxygen atoms in total. The maximum Gasteiger partial charge on any atom is 0.140 e. The fraction of sp³-hybridized carbons (Fsp3) is 0.167. The second kappa shape index (κ2) is 4.26. The lowest BCUT2D eigenvalue weighted by molar-refractivity contribution is 0.410. The summed E-state index contributed by atoms with van der Waals surface area (Å²) in [6.45, 7) is 1.89. The Labute approximate surface area is 92.9 Å². The molecule has 0 aliphatic heterocycles. The molecule has 0 radical (unpaired) electrons. The van der Waals surface area contributed by atoms with Crippen molar-refractivity contribution >= 4 is 0 Å². The van der Waals surface area contributed by atoms with Gasteiger partial charge in [-0.25, -0.2) is 4.39 Å². The standard InChI is InChI=1S/C12H11FN2O/c1-8-10(6-14-7-12(8)16-2)11-5-9(13)3-4-15-11/h3-7H,1-2H3. The molecular weight excluding hydrogens is 207 g/mol. The minimum atomic E-state index is -0.313. The van der Waals surface area contributed by atoms with Crippen molar-refractivity contribution in [3.63, 3.8) is 0 Å². The minimum Gasteiger partial charge on any atom is -0.495 e. The van der Waals surface area contributed by atoms with Gasteiger partial charge in [-0.1, -0.05) is 0 Å². The summed E-state index contributed by atoms with van der Waals surface area (Å²) >= 11 is 0. The first-order valence-electron chi connectivity index (χ1n) is 4.83. The number of nitrogens with zero attached hydrogens (tertiary/aromatic N) is 2. The van der Waals surface area contributed by atoms with Gasteiger partial charge in [-0.3, -0.25) is 9.97 Å². The largest absolute Gasteiger partial charge is 0.495 e. The van der Waals surface area contributed by atoms with Gasteiger partial charge in [0.25, 0.3) is 0 Å². The second-order valence-corrected chi connectivity index (χ2v) is 3.37. The van der Waals surface area contributed by atoms with Gasteiger partial charge in [-0.15, -0.1) is 0 Å². The number of rotatable bonds is 2. The summed E-state index contributed by atoms with van der Waals surface area (Å²) in [4.78, 5) is 8.15. The average molecular weight is 218 g/mol. The molecule has 0 saturated carbocycles. The Morgan fingerprint density at radius 3 is 2.81 bits per heavy atom. The lowest BCUT2D eigenvalue weighted by Gasteiger charge is -2.08. The SMILES string of the molecule is COc1cncc(-c2cc(F)ccn2)c1C. The lowest BCUT2D eigenvalue weighted by Crippen LogP contribution is -1.94. The summed E-state index contributed by atoms with van der Waals surface area (Å²) in [5.41, 5.74) is 2.23. The zero-order valence-electron chi connectivity index (χ0n) is 9.07. The Morgan fingerprint density at radius 1 is 1.31 bits per heavy atom. The fourth-order valence-electron chi connectivity index (χ4n) is 1.52. The third-order valence-electron chi connectivity index (χ3n) is 2.39. The second-order valence-electron chi connectivity index (χ2n) is 3.37. The Kier molecular flexibility index (Phi) is 2.81. The van der Waals surface area contributed by atoms with E-state index >= 15 is 0 Å². The Bertz CT molecular complexity index is 514. The molecule has 0 unspecified atom stereocenters. The summed E-state index contributed by atoms with van der Waals surface area (Å²) in [7, 11) is 1.58. The number of halogens is 1. The first kappa shape index (κ1) is 10.5. The Morgan fingerprint density at radius 2 is 2.12 bits per heavy atom. The number of hydrogen-bond acceptors (Lipinski definition) is 3. The van der Waals surface area contributed by atoms with E-state index in [1.54, 1.807) is 19.5 Å². The Balaban J connectivity index is 2.56.